The molecule has 0 N–H and O–H groups in total. The van der Waals surface area contributed by atoms with Gasteiger partial charge in [-0.25, -0.2) is 0 Å². The Morgan fingerprint density at radius 2 is 1.65 bits per heavy atom. The highest BCUT2D eigenvalue weighted by molar-refractivity contribution is 9.10. The summed E-state index contributed by atoms with van der Waals surface area (Å²) >= 11 is 9.71. The monoisotopic (exact) mass is 537 g/mol. The zero-order chi connectivity index (χ0) is 23.5. The third kappa shape index (κ3) is 5.17. The van der Waals surface area contributed by atoms with E-state index < -0.39 is 0 Å². The summed E-state index contributed by atoms with van der Waals surface area (Å²) in [6.45, 7) is 5.82. The Hall–Kier alpha value is -2.34. The van der Waals surface area contributed by atoms with E-state index in [2.05, 4.69) is 79.2 Å². The molecule has 2 heterocycles. The van der Waals surface area contributed by atoms with Gasteiger partial charge < -0.3 is 9.80 Å². The van der Waals surface area contributed by atoms with Crippen LogP contribution in [0.1, 0.15) is 29.2 Å². The van der Waals surface area contributed by atoms with Crippen molar-refractivity contribution in [3.63, 3.8) is 0 Å². The van der Waals surface area contributed by atoms with Crippen molar-refractivity contribution in [1.29, 1.82) is 0 Å². The van der Waals surface area contributed by atoms with Crippen LogP contribution < -0.4 is 4.90 Å². The maximum atomic E-state index is 13.2. The lowest BCUT2D eigenvalue weighted by Gasteiger charge is -2.39. The van der Waals surface area contributed by atoms with Crippen molar-refractivity contribution in [2.24, 2.45) is 0 Å². The summed E-state index contributed by atoms with van der Waals surface area (Å²) < 4.78 is 1.05. The van der Waals surface area contributed by atoms with Gasteiger partial charge in [-0.2, -0.15) is 0 Å². The molecule has 3 aromatic carbocycles. The molecule has 2 aliphatic rings. The van der Waals surface area contributed by atoms with E-state index in [0.717, 1.165) is 60.7 Å². The third-order valence-corrected chi connectivity index (χ3v) is 7.69. The van der Waals surface area contributed by atoms with Crippen molar-refractivity contribution in [3.8, 4) is 0 Å². The fourth-order valence-corrected chi connectivity index (χ4v) is 5.61. The number of amides is 1. The second kappa shape index (κ2) is 10.5. The number of piperazine rings is 1. The summed E-state index contributed by atoms with van der Waals surface area (Å²) in [5.74, 6) is 0.220. The number of hydrogen-bond donors (Lipinski definition) is 0. The molecule has 2 aliphatic heterocycles. The summed E-state index contributed by atoms with van der Waals surface area (Å²) in [6.07, 6.45) is 1.46. The van der Waals surface area contributed by atoms with Gasteiger partial charge in [-0.05, 0) is 60.0 Å². The first-order chi connectivity index (χ1) is 16.6. The normalized spacial score (nSPS) is 18.8. The van der Waals surface area contributed by atoms with E-state index in [9.17, 15) is 4.79 Å². The Kier molecular flexibility index (Phi) is 7.23. The molecule has 0 bridgehead atoms. The third-order valence-electron chi connectivity index (χ3n) is 6.93. The maximum absolute atomic E-state index is 13.2. The smallest absolute Gasteiger partial charge is 0.227 e. The quantitative estimate of drug-likeness (QED) is 0.398. The number of rotatable bonds is 6. The summed E-state index contributed by atoms with van der Waals surface area (Å²) in [6, 6.07) is 24.9. The first-order valence-corrected chi connectivity index (χ1v) is 13.1. The minimum absolute atomic E-state index is 0.0229. The number of fused-ring (bicyclic) bond motifs is 1. The Morgan fingerprint density at radius 1 is 0.882 bits per heavy atom. The van der Waals surface area contributed by atoms with Gasteiger partial charge in [0.25, 0.3) is 0 Å². The maximum Gasteiger partial charge on any atom is 0.227 e. The average molecular weight is 539 g/mol. The topological polar surface area (TPSA) is 26.8 Å². The van der Waals surface area contributed by atoms with Crippen molar-refractivity contribution >= 4 is 39.1 Å². The first kappa shape index (κ1) is 23.4. The van der Waals surface area contributed by atoms with Gasteiger partial charge in [-0.15, -0.1) is 0 Å². The second-order valence-electron chi connectivity index (χ2n) is 9.08. The largest absolute Gasteiger partial charge is 0.369 e. The number of hydrogen-bond acceptors (Lipinski definition) is 3. The minimum Gasteiger partial charge on any atom is -0.369 e. The van der Waals surface area contributed by atoms with Crippen molar-refractivity contribution < 1.29 is 4.79 Å². The summed E-state index contributed by atoms with van der Waals surface area (Å²) in [4.78, 5) is 20.2. The zero-order valence-electron chi connectivity index (χ0n) is 19.2. The molecule has 34 heavy (non-hydrogen) atoms. The van der Waals surface area contributed by atoms with Crippen LogP contribution in [0, 0.1) is 0 Å². The van der Waals surface area contributed by atoms with Crippen LogP contribution in [-0.2, 0) is 11.2 Å². The van der Waals surface area contributed by atoms with Crippen LogP contribution in [0.3, 0.4) is 0 Å². The van der Waals surface area contributed by atoms with Gasteiger partial charge in [0.05, 0.1) is 12.5 Å². The summed E-state index contributed by atoms with van der Waals surface area (Å²) in [5, 5.41) is 0.785. The molecule has 0 spiro atoms. The molecule has 5 rings (SSSR count). The van der Waals surface area contributed by atoms with Gasteiger partial charge in [0.15, 0.2) is 0 Å². The van der Waals surface area contributed by atoms with E-state index in [4.69, 9.17) is 11.6 Å². The number of halogens is 2. The fraction of sp³-hybridized carbons (Fsp3) is 0.321. The van der Waals surface area contributed by atoms with E-state index in [1.165, 1.54) is 16.8 Å². The Morgan fingerprint density at radius 3 is 2.41 bits per heavy atom. The van der Waals surface area contributed by atoms with Gasteiger partial charge in [0.2, 0.25) is 5.91 Å². The highest BCUT2D eigenvalue weighted by Crippen LogP contribution is 2.36. The van der Waals surface area contributed by atoms with Gasteiger partial charge in [-0.3, -0.25) is 9.69 Å². The molecule has 0 radical (unpaired) electrons. The number of carbonyl (C=O) groups excluding carboxylic acids is 1. The van der Waals surface area contributed by atoms with Gasteiger partial charge >= 0.3 is 0 Å². The summed E-state index contributed by atoms with van der Waals surface area (Å²) in [5.41, 5.74) is 4.76. The first-order valence-electron chi connectivity index (χ1n) is 11.9. The van der Waals surface area contributed by atoms with Crippen LogP contribution in [0.2, 0.25) is 5.02 Å². The molecular formula is C28H29BrClN3O. The van der Waals surface area contributed by atoms with Crippen LogP contribution in [0.25, 0.3) is 0 Å². The van der Waals surface area contributed by atoms with E-state index >= 15 is 0 Å². The molecule has 6 heteroatoms. The summed E-state index contributed by atoms with van der Waals surface area (Å²) in [7, 11) is 0. The van der Waals surface area contributed by atoms with Crippen molar-refractivity contribution in [2.45, 2.75) is 18.9 Å². The Balaban J connectivity index is 1.23. The molecule has 1 fully saturated rings. The highest BCUT2D eigenvalue weighted by Gasteiger charge is 2.33. The van der Waals surface area contributed by atoms with Crippen molar-refractivity contribution in [1.82, 2.24) is 9.80 Å². The lowest BCUT2D eigenvalue weighted by atomic mass is 9.87. The number of benzene rings is 3. The van der Waals surface area contributed by atoms with Crippen LogP contribution in [-0.4, -0.2) is 55.0 Å². The van der Waals surface area contributed by atoms with Gasteiger partial charge in [-0.1, -0.05) is 70.0 Å². The average Bonchev–Trinajstić information content (AvgIpc) is 2.85. The standard InChI is InChI=1S/C28H29BrClN3O/c29-23-11-9-21(10-12-23)28-26-8-2-1-5-22(26)19-27(34)33(28)14-4-13-31-15-17-32(18-16-31)25-7-3-6-24(30)20-25/h1-3,5-12,20,28H,4,13-19H2. The highest BCUT2D eigenvalue weighted by atomic mass is 79.9. The lowest BCUT2D eigenvalue weighted by molar-refractivity contribution is -0.133. The van der Waals surface area contributed by atoms with Crippen molar-refractivity contribution in [3.05, 3.63) is 99.0 Å². The zero-order valence-corrected chi connectivity index (χ0v) is 21.5. The van der Waals surface area contributed by atoms with E-state index in [0.29, 0.717) is 6.42 Å². The molecule has 4 nitrogen and oxygen atoms in total. The fourth-order valence-electron chi connectivity index (χ4n) is 5.16. The molecular weight excluding hydrogens is 510 g/mol. The molecule has 1 atom stereocenters. The molecule has 0 aromatic heterocycles. The number of nitrogens with zero attached hydrogens (tertiary/aromatic N) is 3. The van der Waals surface area contributed by atoms with Gasteiger partial charge in [0.1, 0.15) is 0 Å². The molecule has 0 saturated carbocycles. The number of anilines is 1. The molecule has 176 valence electrons. The molecule has 0 aliphatic carbocycles. The van der Waals surface area contributed by atoms with Gasteiger partial charge in [0, 0.05) is 47.9 Å². The Labute approximate surface area is 215 Å². The minimum atomic E-state index is -0.0229. The predicted molar refractivity (Wildman–Crippen MR) is 143 cm³/mol. The van der Waals surface area contributed by atoms with Crippen LogP contribution in [0.4, 0.5) is 5.69 Å². The second-order valence-corrected chi connectivity index (χ2v) is 10.4. The predicted octanol–water partition coefficient (Wildman–Crippen LogP) is 5.79. The van der Waals surface area contributed by atoms with E-state index in [1.54, 1.807) is 0 Å². The van der Waals surface area contributed by atoms with Crippen molar-refractivity contribution in [2.75, 3.05) is 44.2 Å². The molecule has 1 amide bonds. The van der Waals surface area contributed by atoms with Crippen LogP contribution in [0.15, 0.2) is 77.3 Å². The molecule has 3 aromatic rings. The number of carbonyl (C=O) groups is 1. The lowest BCUT2D eigenvalue weighted by Crippen LogP contribution is -2.47. The van der Waals surface area contributed by atoms with E-state index in [-0.39, 0.29) is 11.9 Å². The van der Waals surface area contributed by atoms with E-state index in [1.807, 2.05) is 24.3 Å². The SMILES string of the molecule is O=C1Cc2ccccc2C(c2ccc(Br)cc2)N1CCCN1CCN(c2cccc(Cl)c2)CC1. The Bertz CT molecular complexity index is 1140. The van der Waals surface area contributed by atoms with Crippen LogP contribution in [0.5, 0.6) is 0 Å². The molecule has 1 unspecified atom stereocenters. The molecule has 1 saturated heterocycles. The van der Waals surface area contributed by atoms with Crippen LogP contribution >= 0.6 is 27.5 Å².